The van der Waals surface area contributed by atoms with Crippen LogP contribution in [0.5, 0.6) is 0 Å². The molecule has 1 aliphatic rings. The molecule has 1 heterocycles. The normalized spacial score (nSPS) is 18.2. The number of cyclic esters (lactones) is 1. The molecule has 1 unspecified atom stereocenters. The first-order chi connectivity index (χ1) is 9.65. The molecule has 0 aliphatic carbocycles. The van der Waals surface area contributed by atoms with Gasteiger partial charge in [-0.15, -0.1) is 0 Å². The minimum absolute atomic E-state index is 0.251. The number of carbonyl (C=O) groups is 1. The molecule has 0 spiro atoms. The zero-order valence-electron chi connectivity index (χ0n) is 11.3. The van der Waals surface area contributed by atoms with Crippen molar-refractivity contribution in [3.05, 3.63) is 24.0 Å². The number of anilines is 2. The van der Waals surface area contributed by atoms with Gasteiger partial charge < -0.3 is 20.5 Å². The second-order valence-electron chi connectivity index (χ2n) is 4.44. The van der Waals surface area contributed by atoms with Crippen molar-refractivity contribution in [3.8, 4) is 0 Å². The van der Waals surface area contributed by atoms with Crippen LogP contribution in [0.1, 0.15) is 0 Å². The van der Waals surface area contributed by atoms with Gasteiger partial charge in [0.1, 0.15) is 11.9 Å². The lowest BCUT2D eigenvalue weighted by Gasteiger charge is -2.14. The number of amides is 1. The molecule has 0 radical (unpaired) electrons. The van der Waals surface area contributed by atoms with E-state index in [0.29, 0.717) is 31.1 Å². The molecule has 1 aliphatic heterocycles. The third-order valence-corrected chi connectivity index (χ3v) is 3.02. The molecule has 1 saturated heterocycles. The van der Waals surface area contributed by atoms with Crippen molar-refractivity contribution in [1.82, 2.24) is 0 Å². The Labute approximate surface area is 116 Å². The Kier molecular flexibility index (Phi) is 4.75. The summed E-state index contributed by atoms with van der Waals surface area (Å²) >= 11 is 0. The van der Waals surface area contributed by atoms with Crippen molar-refractivity contribution < 1.29 is 18.7 Å². The third kappa shape index (κ3) is 3.17. The highest BCUT2D eigenvalue weighted by Gasteiger charge is 2.31. The summed E-state index contributed by atoms with van der Waals surface area (Å²) in [4.78, 5) is 13.0. The van der Waals surface area contributed by atoms with E-state index in [0.717, 1.165) is 0 Å². The number of methoxy groups -OCH3 is 1. The molecule has 0 saturated carbocycles. The van der Waals surface area contributed by atoms with Gasteiger partial charge in [-0.2, -0.15) is 0 Å². The molecule has 110 valence electrons. The molecule has 7 heteroatoms. The van der Waals surface area contributed by atoms with E-state index in [1.165, 1.54) is 11.0 Å². The summed E-state index contributed by atoms with van der Waals surface area (Å²) in [6, 6.07) is 4.55. The monoisotopic (exact) mass is 283 g/mol. The lowest BCUT2D eigenvalue weighted by Crippen LogP contribution is -2.27. The highest BCUT2D eigenvalue weighted by Crippen LogP contribution is 2.25. The molecule has 1 amide bonds. The van der Waals surface area contributed by atoms with E-state index >= 15 is 0 Å². The summed E-state index contributed by atoms with van der Waals surface area (Å²) in [6.07, 6.45) is -0.843. The Bertz CT molecular complexity index is 484. The Morgan fingerprint density at radius 3 is 3.00 bits per heavy atom. The quantitative estimate of drug-likeness (QED) is 0.766. The Hall–Kier alpha value is -1.86. The van der Waals surface area contributed by atoms with E-state index in [4.69, 9.17) is 15.2 Å². The fourth-order valence-corrected chi connectivity index (χ4v) is 1.96. The number of rotatable bonds is 6. The first-order valence-corrected chi connectivity index (χ1v) is 6.36. The van der Waals surface area contributed by atoms with Crippen molar-refractivity contribution >= 4 is 17.5 Å². The molecular weight excluding hydrogens is 265 g/mol. The van der Waals surface area contributed by atoms with Crippen LogP contribution in [-0.2, 0) is 9.47 Å². The molecule has 1 atom stereocenters. The van der Waals surface area contributed by atoms with Crippen molar-refractivity contribution in [2.75, 3.05) is 43.6 Å². The molecule has 1 aromatic rings. The van der Waals surface area contributed by atoms with E-state index in [-0.39, 0.29) is 12.6 Å². The zero-order chi connectivity index (χ0) is 14.5. The Morgan fingerprint density at radius 1 is 1.60 bits per heavy atom. The van der Waals surface area contributed by atoms with Gasteiger partial charge in [-0.3, -0.25) is 4.90 Å². The number of nitrogens with one attached hydrogen (secondary N) is 1. The van der Waals surface area contributed by atoms with Crippen LogP contribution in [0, 0.1) is 5.82 Å². The summed E-state index contributed by atoms with van der Waals surface area (Å²) < 4.78 is 23.8. The number of benzene rings is 1. The molecule has 3 N–H and O–H groups in total. The first-order valence-electron chi connectivity index (χ1n) is 6.36. The average molecular weight is 283 g/mol. The second kappa shape index (κ2) is 6.53. The summed E-state index contributed by atoms with van der Waals surface area (Å²) in [7, 11) is 1.58. The van der Waals surface area contributed by atoms with Crippen molar-refractivity contribution in [1.29, 1.82) is 0 Å². The van der Waals surface area contributed by atoms with Crippen LogP contribution in [0.25, 0.3) is 0 Å². The van der Waals surface area contributed by atoms with Gasteiger partial charge in [0.05, 0.1) is 24.5 Å². The number of ether oxygens (including phenoxy) is 2. The van der Waals surface area contributed by atoms with Crippen molar-refractivity contribution in [2.24, 2.45) is 5.73 Å². The standard InChI is InChI=1S/C13H18FN3O3/c1-19-5-4-16-12-3-2-9(6-11(12)14)17-8-10(7-15)20-13(17)18/h2-3,6,10,16H,4-5,7-8,15H2,1H3. The lowest BCUT2D eigenvalue weighted by atomic mass is 10.2. The minimum Gasteiger partial charge on any atom is -0.443 e. The predicted molar refractivity (Wildman–Crippen MR) is 73.4 cm³/mol. The summed E-state index contributed by atoms with van der Waals surface area (Å²) in [5.74, 6) is -0.428. The number of nitrogens with two attached hydrogens (primary N) is 1. The summed E-state index contributed by atoms with van der Waals surface area (Å²) in [5.41, 5.74) is 6.29. The minimum atomic E-state index is -0.500. The maximum Gasteiger partial charge on any atom is 0.414 e. The number of nitrogens with zero attached hydrogens (tertiary/aromatic N) is 1. The van der Waals surface area contributed by atoms with Gasteiger partial charge in [-0.1, -0.05) is 0 Å². The van der Waals surface area contributed by atoms with E-state index < -0.39 is 11.9 Å². The van der Waals surface area contributed by atoms with E-state index in [1.54, 1.807) is 19.2 Å². The van der Waals surface area contributed by atoms with Crippen molar-refractivity contribution in [3.63, 3.8) is 0 Å². The fourth-order valence-electron chi connectivity index (χ4n) is 1.96. The number of hydrogen-bond acceptors (Lipinski definition) is 5. The van der Waals surface area contributed by atoms with Gasteiger partial charge in [0, 0.05) is 20.2 Å². The molecule has 0 aromatic heterocycles. The number of hydrogen-bond donors (Lipinski definition) is 2. The molecule has 2 rings (SSSR count). The molecule has 0 bridgehead atoms. The Morgan fingerprint density at radius 2 is 2.40 bits per heavy atom. The van der Waals surface area contributed by atoms with Crippen LogP contribution in [0.15, 0.2) is 18.2 Å². The summed E-state index contributed by atoms with van der Waals surface area (Å²) in [6.45, 7) is 1.58. The van der Waals surface area contributed by atoms with E-state index in [9.17, 15) is 9.18 Å². The zero-order valence-corrected chi connectivity index (χ0v) is 11.3. The Balaban J connectivity index is 2.07. The van der Waals surface area contributed by atoms with E-state index in [2.05, 4.69) is 5.32 Å². The van der Waals surface area contributed by atoms with Gasteiger partial charge in [0.2, 0.25) is 0 Å². The fraction of sp³-hybridized carbons (Fsp3) is 0.462. The third-order valence-electron chi connectivity index (χ3n) is 3.02. The molecular formula is C13H18FN3O3. The van der Waals surface area contributed by atoms with E-state index in [1.807, 2.05) is 0 Å². The lowest BCUT2D eigenvalue weighted by molar-refractivity contribution is 0.145. The van der Waals surface area contributed by atoms with Gasteiger partial charge in [0.25, 0.3) is 0 Å². The van der Waals surface area contributed by atoms with Crippen LogP contribution >= 0.6 is 0 Å². The van der Waals surface area contributed by atoms with Crippen LogP contribution in [0.2, 0.25) is 0 Å². The van der Waals surface area contributed by atoms with Gasteiger partial charge in [-0.25, -0.2) is 9.18 Å². The molecule has 6 nitrogen and oxygen atoms in total. The maximum absolute atomic E-state index is 13.9. The van der Waals surface area contributed by atoms with Crippen LogP contribution in [0.4, 0.5) is 20.6 Å². The van der Waals surface area contributed by atoms with Crippen molar-refractivity contribution in [2.45, 2.75) is 6.10 Å². The largest absolute Gasteiger partial charge is 0.443 e. The van der Waals surface area contributed by atoms with Crippen LogP contribution in [0.3, 0.4) is 0 Å². The molecule has 20 heavy (non-hydrogen) atoms. The van der Waals surface area contributed by atoms with Crippen LogP contribution < -0.4 is 16.0 Å². The number of halogens is 1. The predicted octanol–water partition coefficient (Wildman–Crippen LogP) is 1.17. The number of carbonyl (C=O) groups excluding carboxylic acids is 1. The molecule has 1 fully saturated rings. The second-order valence-corrected chi connectivity index (χ2v) is 4.44. The smallest absolute Gasteiger partial charge is 0.414 e. The SMILES string of the molecule is COCCNc1ccc(N2CC(CN)OC2=O)cc1F. The van der Waals surface area contributed by atoms with Gasteiger partial charge in [0.15, 0.2) is 0 Å². The van der Waals surface area contributed by atoms with Gasteiger partial charge in [-0.05, 0) is 18.2 Å². The highest BCUT2D eigenvalue weighted by atomic mass is 19.1. The highest BCUT2D eigenvalue weighted by molar-refractivity contribution is 5.90. The molecule has 1 aromatic carbocycles. The van der Waals surface area contributed by atoms with Crippen LogP contribution in [-0.4, -0.2) is 45.5 Å². The summed E-state index contributed by atoms with van der Waals surface area (Å²) in [5, 5.41) is 2.91. The first kappa shape index (κ1) is 14.5. The average Bonchev–Trinajstić information content (AvgIpc) is 2.82. The topological polar surface area (TPSA) is 76.8 Å². The van der Waals surface area contributed by atoms with Gasteiger partial charge >= 0.3 is 6.09 Å². The maximum atomic E-state index is 13.9.